The third-order valence-electron chi connectivity index (χ3n) is 6.09. The first-order chi connectivity index (χ1) is 13.0. The van der Waals surface area contributed by atoms with E-state index < -0.39 is 0 Å². The van der Waals surface area contributed by atoms with E-state index in [0.717, 1.165) is 63.3 Å². The standard InChI is InChI=1S/C21H34N4OS/c1-17-5-4-6-20(18(17)2)22-21(27)25-9-7-19(8-10-25)23(3)11-12-24-13-15-26-16-14-24/h4-6,19H,7-16H2,1-3H3,(H,22,27). The topological polar surface area (TPSA) is 31.0 Å². The zero-order chi connectivity index (χ0) is 19.2. The van der Waals surface area contributed by atoms with Gasteiger partial charge in [-0.05, 0) is 63.1 Å². The van der Waals surface area contributed by atoms with Gasteiger partial charge in [-0.3, -0.25) is 4.90 Å². The van der Waals surface area contributed by atoms with Gasteiger partial charge in [-0.1, -0.05) is 12.1 Å². The van der Waals surface area contributed by atoms with E-state index in [0.29, 0.717) is 6.04 Å². The number of likely N-dealkylation sites (N-methyl/N-ethyl adjacent to an activating group) is 1. The number of anilines is 1. The molecule has 1 aromatic rings. The van der Waals surface area contributed by atoms with Crippen LogP contribution in [-0.2, 0) is 4.74 Å². The SMILES string of the molecule is Cc1cccc(NC(=S)N2CCC(N(C)CCN3CCOCC3)CC2)c1C. The second-order valence-electron chi connectivity index (χ2n) is 7.83. The number of piperidine rings is 1. The zero-order valence-electron chi connectivity index (χ0n) is 17.0. The Morgan fingerprint density at radius 1 is 1.19 bits per heavy atom. The van der Waals surface area contributed by atoms with Crippen molar-refractivity contribution in [3.05, 3.63) is 29.3 Å². The van der Waals surface area contributed by atoms with Crippen LogP contribution in [-0.4, -0.2) is 85.4 Å². The van der Waals surface area contributed by atoms with Crippen molar-refractivity contribution in [2.75, 3.05) is 64.8 Å². The fourth-order valence-corrected chi connectivity index (χ4v) is 4.19. The number of nitrogens with zero attached hydrogens (tertiary/aromatic N) is 3. The van der Waals surface area contributed by atoms with Gasteiger partial charge >= 0.3 is 0 Å². The molecule has 5 nitrogen and oxygen atoms in total. The van der Waals surface area contributed by atoms with Gasteiger partial charge in [0.1, 0.15) is 0 Å². The Labute approximate surface area is 169 Å². The largest absolute Gasteiger partial charge is 0.379 e. The van der Waals surface area contributed by atoms with Crippen LogP contribution < -0.4 is 5.32 Å². The number of likely N-dealkylation sites (tertiary alicyclic amines) is 1. The predicted octanol–water partition coefficient (Wildman–Crippen LogP) is 2.73. The summed E-state index contributed by atoms with van der Waals surface area (Å²) in [4.78, 5) is 7.37. The number of thiocarbonyl (C=S) groups is 1. The number of nitrogens with one attached hydrogen (secondary N) is 1. The Morgan fingerprint density at radius 2 is 1.89 bits per heavy atom. The van der Waals surface area contributed by atoms with Gasteiger partial charge in [0.15, 0.2) is 5.11 Å². The molecule has 150 valence electrons. The van der Waals surface area contributed by atoms with Gasteiger partial charge < -0.3 is 19.9 Å². The number of ether oxygens (including phenoxy) is 1. The molecule has 27 heavy (non-hydrogen) atoms. The molecule has 0 spiro atoms. The molecule has 2 heterocycles. The van der Waals surface area contributed by atoms with E-state index in [9.17, 15) is 0 Å². The minimum Gasteiger partial charge on any atom is -0.379 e. The molecule has 1 aromatic carbocycles. The van der Waals surface area contributed by atoms with Crippen molar-refractivity contribution in [3.63, 3.8) is 0 Å². The van der Waals surface area contributed by atoms with E-state index >= 15 is 0 Å². The number of hydrogen-bond acceptors (Lipinski definition) is 4. The smallest absolute Gasteiger partial charge is 0.173 e. The average Bonchev–Trinajstić information content (AvgIpc) is 2.70. The Hall–Kier alpha value is -1.21. The monoisotopic (exact) mass is 390 g/mol. The summed E-state index contributed by atoms with van der Waals surface area (Å²) >= 11 is 5.68. The highest BCUT2D eigenvalue weighted by molar-refractivity contribution is 7.80. The van der Waals surface area contributed by atoms with Crippen LogP contribution in [0.5, 0.6) is 0 Å². The lowest BCUT2D eigenvalue weighted by Gasteiger charge is -2.39. The lowest BCUT2D eigenvalue weighted by atomic mass is 10.0. The van der Waals surface area contributed by atoms with Gasteiger partial charge in [0.25, 0.3) is 0 Å². The molecular weight excluding hydrogens is 356 g/mol. The highest BCUT2D eigenvalue weighted by Gasteiger charge is 2.24. The molecule has 0 aromatic heterocycles. The average molecular weight is 391 g/mol. The molecule has 3 rings (SSSR count). The minimum atomic E-state index is 0.658. The fraction of sp³-hybridized carbons (Fsp3) is 0.667. The van der Waals surface area contributed by atoms with Gasteiger partial charge in [0.05, 0.1) is 13.2 Å². The van der Waals surface area contributed by atoms with Crippen molar-refractivity contribution in [3.8, 4) is 0 Å². The molecule has 0 aliphatic carbocycles. The summed E-state index contributed by atoms with van der Waals surface area (Å²) in [5, 5.41) is 4.32. The number of benzene rings is 1. The van der Waals surface area contributed by atoms with E-state index in [4.69, 9.17) is 17.0 Å². The van der Waals surface area contributed by atoms with E-state index in [2.05, 4.69) is 59.1 Å². The molecule has 0 amide bonds. The van der Waals surface area contributed by atoms with E-state index in [-0.39, 0.29) is 0 Å². The third kappa shape index (κ3) is 5.64. The summed E-state index contributed by atoms with van der Waals surface area (Å²) in [7, 11) is 2.27. The first-order valence-corrected chi connectivity index (χ1v) is 10.6. The summed E-state index contributed by atoms with van der Waals surface area (Å²) in [6, 6.07) is 7.00. The van der Waals surface area contributed by atoms with Gasteiger partial charge in [-0.2, -0.15) is 0 Å². The second kappa shape index (κ2) is 9.82. The van der Waals surface area contributed by atoms with E-state index in [1.54, 1.807) is 0 Å². The van der Waals surface area contributed by atoms with Crippen LogP contribution in [0.15, 0.2) is 18.2 Å². The highest BCUT2D eigenvalue weighted by atomic mass is 32.1. The molecule has 0 bridgehead atoms. The van der Waals surface area contributed by atoms with Crippen LogP contribution in [0.3, 0.4) is 0 Å². The van der Waals surface area contributed by atoms with Gasteiger partial charge in [0, 0.05) is 51.0 Å². The Morgan fingerprint density at radius 3 is 2.59 bits per heavy atom. The molecular formula is C21H34N4OS. The predicted molar refractivity (Wildman–Crippen MR) is 117 cm³/mol. The molecule has 0 unspecified atom stereocenters. The lowest BCUT2D eigenvalue weighted by Crippen LogP contribution is -2.48. The van der Waals surface area contributed by atoms with Crippen LogP contribution in [0, 0.1) is 13.8 Å². The molecule has 2 aliphatic rings. The van der Waals surface area contributed by atoms with Gasteiger partial charge in [-0.15, -0.1) is 0 Å². The van der Waals surface area contributed by atoms with Crippen LogP contribution in [0.25, 0.3) is 0 Å². The molecule has 0 saturated carbocycles. The van der Waals surface area contributed by atoms with Crippen LogP contribution in [0.4, 0.5) is 5.69 Å². The molecule has 0 atom stereocenters. The number of rotatable bonds is 5. The van der Waals surface area contributed by atoms with Gasteiger partial charge in [0.2, 0.25) is 0 Å². The quantitative estimate of drug-likeness (QED) is 0.778. The maximum Gasteiger partial charge on any atom is 0.173 e. The minimum absolute atomic E-state index is 0.658. The van der Waals surface area contributed by atoms with E-state index in [1.807, 2.05) is 0 Å². The lowest BCUT2D eigenvalue weighted by molar-refractivity contribution is 0.0311. The first kappa shape index (κ1) is 20.5. The van der Waals surface area contributed by atoms with Crippen molar-refractivity contribution in [2.45, 2.75) is 32.7 Å². The molecule has 1 N–H and O–H groups in total. The molecule has 2 saturated heterocycles. The second-order valence-corrected chi connectivity index (χ2v) is 8.22. The summed E-state index contributed by atoms with van der Waals surface area (Å²) in [6.07, 6.45) is 2.35. The summed E-state index contributed by atoms with van der Waals surface area (Å²) in [5.74, 6) is 0. The number of hydrogen-bond donors (Lipinski definition) is 1. The maximum absolute atomic E-state index is 5.68. The number of morpholine rings is 1. The Bertz CT molecular complexity index is 625. The number of aryl methyl sites for hydroxylation is 1. The van der Waals surface area contributed by atoms with Crippen LogP contribution in [0.1, 0.15) is 24.0 Å². The van der Waals surface area contributed by atoms with Crippen molar-refractivity contribution in [1.82, 2.24) is 14.7 Å². The van der Waals surface area contributed by atoms with Crippen LogP contribution in [0.2, 0.25) is 0 Å². The highest BCUT2D eigenvalue weighted by Crippen LogP contribution is 2.20. The van der Waals surface area contributed by atoms with Crippen molar-refractivity contribution in [2.24, 2.45) is 0 Å². The summed E-state index contributed by atoms with van der Waals surface area (Å²) < 4.78 is 5.43. The van der Waals surface area contributed by atoms with Crippen molar-refractivity contribution < 1.29 is 4.74 Å². The zero-order valence-corrected chi connectivity index (χ0v) is 17.9. The van der Waals surface area contributed by atoms with Crippen LogP contribution >= 0.6 is 12.2 Å². The molecule has 0 radical (unpaired) electrons. The van der Waals surface area contributed by atoms with Crippen molar-refractivity contribution in [1.29, 1.82) is 0 Å². The first-order valence-electron chi connectivity index (χ1n) is 10.2. The summed E-state index contributed by atoms with van der Waals surface area (Å²) in [5.41, 5.74) is 3.70. The van der Waals surface area contributed by atoms with E-state index in [1.165, 1.54) is 24.0 Å². The molecule has 6 heteroatoms. The molecule has 2 aliphatic heterocycles. The Kier molecular flexibility index (Phi) is 7.47. The summed E-state index contributed by atoms with van der Waals surface area (Å²) in [6.45, 7) is 12.5. The maximum atomic E-state index is 5.68. The van der Waals surface area contributed by atoms with Gasteiger partial charge in [-0.25, -0.2) is 0 Å². The Balaban J connectivity index is 1.42. The fourth-order valence-electron chi connectivity index (χ4n) is 3.90. The normalized spacial score (nSPS) is 19.5. The third-order valence-corrected chi connectivity index (χ3v) is 6.45. The van der Waals surface area contributed by atoms with Crippen molar-refractivity contribution >= 4 is 23.0 Å². The molecule has 2 fully saturated rings.